The van der Waals surface area contributed by atoms with Gasteiger partial charge in [-0.2, -0.15) is 4.98 Å². The Kier molecular flexibility index (Phi) is 5.90. The lowest BCUT2D eigenvalue weighted by Gasteiger charge is -2.18. The van der Waals surface area contributed by atoms with E-state index in [0.717, 1.165) is 22.6 Å². The van der Waals surface area contributed by atoms with Gasteiger partial charge in [-0.25, -0.2) is 4.52 Å². The van der Waals surface area contributed by atoms with Gasteiger partial charge < -0.3 is 9.47 Å². The lowest BCUT2D eigenvalue weighted by molar-refractivity contribution is -0.122. The zero-order chi connectivity index (χ0) is 22.0. The van der Waals surface area contributed by atoms with Crippen molar-refractivity contribution in [2.75, 3.05) is 12.4 Å². The van der Waals surface area contributed by atoms with E-state index in [0.29, 0.717) is 16.6 Å². The van der Waals surface area contributed by atoms with Crippen LogP contribution in [0, 0.1) is 0 Å². The summed E-state index contributed by atoms with van der Waals surface area (Å²) < 4.78 is 13.0. The van der Waals surface area contributed by atoms with Crippen molar-refractivity contribution in [3.63, 3.8) is 0 Å². The van der Waals surface area contributed by atoms with Gasteiger partial charge >= 0.3 is 0 Å². The van der Waals surface area contributed by atoms with Crippen LogP contribution in [0.4, 0.5) is 5.95 Å². The van der Waals surface area contributed by atoms with Crippen LogP contribution in [0.1, 0.15) is 32.3 Å². The van der Waals surface area contributed by atoms with Gasteiger partial charge in [0.25, 0.3) is 11.9 Å². The predicted molar refractivity (Wildman–Crippen MR) is 122 cm³/mol. The Labute approximate surface area is 184 Å². The fraction of sp³-hybridized carbons (Fsp3) is 0.261. The Bertz CT molecular complexity index is 1210. The molecule has 0 saturated heterocycles. The highest BCUT2D eigenvalue weighted by molar-refractivity contribution is 7.15. The quantitative estimate of drug-likeness (QED) is 0.441. The van der Waals surface area contributed by atoms with Crippen LogP contribution < -0.4 is 14.8 Å². The Morgan fingerprint density at radius 3 is 2.71 bits per heavy atom. The molecule has 2 aromatic heterocycles. The van der Waals surface area contributed by atoms with Gasteiger partial charge in [-0.05, 0) is 36.6 Å². The number of hydrogen-bond donors (Lipinski definition) is 1. The normalized spacial score (nSPS) is 12.2. The number of anilines is 1. The van der Waals surface area contributed by atoms with E-state index in [1.807, 2.05) is 53.9 Å². The molecule has 1 unspecified atom stereocenters. The second kappa shape index (κ2) is 8.77. The molecule has 2 heterocycles. The summed E-state index contributed by atoms with van der Waals surface area (Å²) in [7, 11) is 1.63. The highest BCUT2D eigenvalue weighted by atomic mass is 32.1. The second-order valence-electron chi connectivity index (χ2n) is 7.42. The number of amides is 1. The van der Waals surface area contributed by atoms with Gasteiger partial charge in [0.05, 0.1) is 12.8 Å². The largest absolute Gasteiger partial charge is 0.497 e. The fourth-order valence-electron chi connectivity index (χ4n) is 3.24. The second-order valence-corrected chi connectivity index (χ2v) is 8.26. The summed E-state index contributed by atoms with van der Waals surface area (Å²) >= 11 is 1.45. The van der Waals surface area contributed by atoms with Crippen molar-refractivity contribution in [1.82, 2.24) is 14.6 Å². The molecule has 0 spiro atoms. The number of nitrogens with one attached hydrogen (secondary N) is 1. The third kappa shape index (κ3) is 4.39. The molecular weight excluding hydrogens is 412 g/mol. The molecule has 0 bridgehead atoms. The van der Waals surface area contributed by atoms with Crippen LogP contribution in [-0.4, -0.2) is 33.7 Å². The third-order valence-electron chi connectivity index (χ3n) is 4.90. The van der Waals surface area contributed by atoms with Gasteiger partial charge in [0, 0.05) is 10.9 Å². The van der Waals surface area contributed by atoms with Crippen LogP contribution in [0.3, 0.4) is 0 Å². The van der Waals surface area contributed by atoms with Gasteiger partial charge in [0.15, 0.2) is 6.10 Å². The molecule has 1 atom stereocenters. The molecule has 1 N–H and O–H groups in total. The Hall–Kier alpha value is -3.39. The minimum absolute atomic E-state index is 0.244. The summed E-state index contributed by atoms with van der Waals surface area (Å²) in [6.07, 6.45) is -0.695. The third-order valence-corrected chi connectivity index (χ3v) is 5.71. The van der Waals surface area contributed by atoms with Crippen LogP contribution in [0.5, 0.6) is 11.5 Å². The molecule has 0 fully saturated rings. The average molecular weight is 437 g/mol. The zero-order valence-electron chi connectivity index (χ0n) is 17.8. The van der Waals surface area contributed by atoms with Crippen LogP contribution in [-0.2, 0) is 4.79 Å². The monoisotopic (exact) mass is 436 g/mol. The Morgan fingerprint density at radius 1 is 1.13 bits per heavy atom. The molecule has 0 aliphatic rings. The molecule has 0 aliphatic carbocycles. The van der Waals surface area contributed by atoms with E-state index in [4.69, 9.17) is 9.47 Å². The van der Waals surface area contributed by atoms with Crippen molar-refractivity contribution in [3.8, 4) is 22.8 Å². The first kappa shape index (κ1) is 20.9. The van der Waals surface area contributed by atoms with E-state index in [1.54, 1.807) is 18.5 Å². The maximum absolute atomic E-state index is 12.7. The van der Waals surface area contributed by atoms with Crippen molar-refractivity contribution in [3.05, 3.63) is 59.5 Å². The summed E-state index contributed by atoms with van der Waals surface area (Å²) in [6, 6.07) is 15.5. The summed E-state index contributed by atoms with van der Waals surface area (Å²) in [5.74, 6) is 1.70. The first-order valence-electron chi connectivity index (χ1n) is 10.0. The van der Waals surface area contributed by atoms with Gasteiger partial charge in [0.2, 0.25) is 4.96 Å². The topological polar surface area (TPSA) is 77.8 Å². The zero-order valence-corrected chi connectivity index (χ0v) is 18.6. The fourth-order valence-corrected chi connectivity index (χ4v) is 4.07. The summed E-state index contributed by atoms with van der Waals surface area (Å²) in [4.78, 5) is 17.8. The number of carbonyl (C=O) groups is 1. The molecule has 4 aromatic rings. The molecule has 1 amide bonds. The van der Waals surface area contributed by atoms with Crippen LogP contribution in [0.2, 0.25) is 0 Å². The van der Waals surface area contributed by atoms with Gasteiger partial charge in [-0.3, -0.25) is 10.1 Å². The average Bonchev–Trinajstić information content (AvgIpc) is 3.34. The molecule has 160 valence electrons. The predicted octanol–water partition coefficient (Wildman–Crippen LogP) is 5.00. The van der Waals surface area contributed by atoms with Gasteiger partial charge in [-0.1, -0.05) is 44.2 Å². The van der Waals surface area contributed by atoms with Crippen molar-refractivity contribution in [2.24, 2.45) is 0 Å². The minimum Gasteiger partial charge on any atom is -0.497 e. The molecule has 8 heteroatoms. The van der Waals surface area contributed by atoms with E-state index in [1.165, 1.54) is 11.3 Å². The highest BCUT2D eigenvalue weighted by Gasteiger charge is 2.20. The smallest absolute Gasteiger partial charge is 0.267 e. The standard InChI is InChI=1S/C23H24N4O3S/c1-14(2)18-10-5-6-11-20(18)30-15(3)21(28)24-22-25-23-27(26-22)19(13-31-23)16-8-7-9-17(12-16)29-4/h5-15H,1-4H3,(H,24,26,28). The van der Waals surface area contributed by atoms with Crippen LogP contribution in [0.25, 0.3) is 16.2 Å². The lowest BCUT2D eigenvalue weighted by Crippen LogP contribution is -2.31. The van der Waals surface area contributed by atoms with E-state index in [-0.39, 0.29) is 11.9 Å². The number of rotatable bonds is 7. The number of aromatic nitrogens is 3. The maximum Gasteiger partial charge on any atom is 0.267 e. The SMILES string of the molecule is COc1cccc(-c2csc3nc(NC(=O)C(C)Oc4ccccc4C(C)C)nn23)c1. The number of nitrogens with zero attached hydrogens (tertiary/aromatic N) is 3. The number of para-hydroxylation sites is 1. The summed E-state index contributed by atoms with van der Waals surface area (Å²) in [5.41, 5.74) is 2.89. The summed E-state index contributed by atoms with van der Waals surface area (Å²) in [5, 5.41) is 9.21. The number of benzene rings is 2. The Morgan fingerprint density at radius 2 is 1.94 bits per heavy atom. The number of fused-ring (bicyclic) bond motifs is 1. The number of thiazole rings is 1. The molecule has 31 heavy (non-hydrogen) atoms. The van der Waals surface area contributed by atoms with E-state index in [9.17, 15) is 4.79 Å². The number of ether oxygens (including phenoxy) is 2. The lowest BCUT2D eigenvalue weighted by atomic mass is 10.0. The van der Waals surface area contributed by atoms with Crippen molar-refractivity contribution in [1.29, 1.82) is 0 Å². The molecule has 0 radical (unpaired) electrons. The first-order valence-corrected chi connectivity index (χ1v) is 10.9. The molecule has 4 rings (SSSR count). The summed E-state index contributed by atoms with van der Waals surface area (Å²) in [6.45, 7) is 5.90. The molecule has 0 saturated carbocycles. The van der Waals surface area contributed by atoms with E-state index in [2.05, 4.69) is 29.2 Å². The molecule has 0 aliphatic heterocycles. The number of methoxy groups -OCH3 is 1. The van der Waals surface area contributed by atoms with Gasteiger partial charge in [-0.15, -0.1) is 16.4 Å². The van der Waals surface area contributed by atoms with Crippen molar-refractivity contribution >= 4 is 28.2 Å². The highest BCUT2D eigenvalue weighted by Crippen LogP contribution is 2.29. The molecule has 2 aromatic carbocycles. The van der Waals surface area contributed by atoms with E-state index >= 15 is 0 Å². The maximum atomic E-state index is 12.7. The van der Waals surface area contributed by atoms with Crippen LogP contribution >= 0.6 is 11.3 Å². The van der Waals surface area contributed by atoms with Crippen molar-refractivity contribution < 1.29 is 14.3 Å². The van der Waals surface area contributed by atoms with Gasteiger partial charge in [0.1, 0.15) is 11.5 Å². The van der Waals surface area contributed by atoms with Crippen LogP contribution in [0.15, 0.2) is 53.9 Å². The Balaban J connectivity index is 1.51. The van der Waals surface area contributed by atoms with E-state index < -0.39 is 6.10 Å². The number of hydrogen-bond acceptors (Lipinski definition) is 6. The first-order chi connectivity index (χ1) is 15.0. The molecule has 7 nitrogen and oxygen atoms in total. The molecular formula is C23H24N4O3S. The number of carbonyl (C=O) groups excluding carboxylic acids is 1. The minimum atomic E-state index is -0.695. The van der Waals surface area contributed by atoms with Crippen molar-refractivity contribution in [2.45, 2.75) is 32.8 Å².